The Bertz CT molecular complexity index is 276. The van der Waals surface area contributed by atoms with E-state index in [4.69, 9.17) is 11.6 Å². The summed E-state index contributed by atoms with van der Waals surface area (Å²) >= 11 is 6.22. The van der Waals surface area contributed by atoms with Crippen molar-refractivity contribution in [3.05, 3.63) is 24.3 Å². The molecule has 0 spiro atoms. The van der Waals surface area contributed by atoms with Crippen LogP contribution in [-0.4, -0.2) is 15.3 Å². The summed E-state index contributed by atoms with van der Waals surface area (Å²) in [5, 5.41) is 0.324. The van der Waals surface area contributed by atoms with Gasteiger partial charge < -0.3 is 0 Å². The molecule has 0 radical (unpaired) electrons. The number of nitrogens with zero attached hydrogens (tertiary/aromatic N) is 2. The van der Waals surface area contributed by atoms with E-state index in [0.29, 0.717) is 11.3 Å². The zero-order valence-corrected chi connectivity index (χ0v) is 8.95. The quantitative estimate of drug-likeness (QED) is 0.526. The molecule has 76 valence electrons. The van der Waals surface area contributed by atoms with E-state index >= 15 is 0 Å². The van der Waals surface area contributed by atoms with Gasteiger partial charge in [-0.1, -0.05) is 12.8 Å². The van der Waals surface area contributed by atoms with Gasteiger partial charge in [-0.2, -0.15) is 0 Å². The predicted octanol–water partition coefficient (Wildman–Crippen LogP) is 3.13. The van der Waals surface area contributed by atoms with Crippen molar-refractivity contribution in [3.8, 4) is 0 Å². The molecule has 2 unspecified atom stereocenters. The summed E-state index contributed by atoms with van der Waals surface area (Å²) in [6.45, 7) is 0. The number of hydrogen-bond donors (Lipinski definition) is 0. The van der Waals surface area contributed by atoms with Gasteiger partial charge >= 0.3 is 0 Å². The molecule has 3 heteroatoms. The van der Waals surface area contributed by atoms with Gasteiger partial charge in [0, 0.05) is 29.9 Å². The van der Waals surface area contributed by atoms with Gasteiger partial charge in [-0.25, -0.2) is 0 Å². The molecule has 1 aromatic heterocycles. The second kappa shape index (κ2) is 4.74. The van der Waals surface area contributed by atoms with E-state index in [-0.39, 0.29) is 0 Å². The van der Waals surface area contributed by atoms with Crippen LogP contribution in [-0.2, 0) is 0 Å². The third kappa shape index (κ3) is 2.44. The molecule has 0 saturated heterocycles. The smallest absolute Gasteiger partial charge is 0.0618 e. The lowest BCUT2D eigenvalue weighted by molar-refractivity contribution is 0.578. The van der Waals surface area contributed by atoms with Crippen molar-refractivity contribution in [1.82, 2.24) is 9.97 Å². The predicted molar refractivity (Wildman–Crippen MR) is 57.5 cm³/mol. The number of rotatable bonds is 1. The Morgan fingerprint density at radius 2 is 2.07 bits per heavy atom. The average Bonchev–Trinajstić information content (AvgIpc) is 2.44. The van der Waals surface area contributed by atoms with E-state index < -0.39 is 0 Å². The maximum Gasteiger partial charge on any atom is 0.0618 e. The lowest BCUT2D eigenvalue weighted by Crippen LogP contribution is -2.06. The summed E-state index contributed by atoms with van der Waals surface area (Å²) in [6, 6.07) is 0. The highest BCUT2D eigenvalue weighted by Gasteiger charge is 2.20. The molecule has 1 aliphatic rings. The topological polar surface area (TPSA) is 25.8 Å². The van der Waals surface area contributed by atoms with E-state index in [1.54, 1.807) is 12.4 Å². The van der Waals surface area contributed by atoms with Crippen LogP contribution in [0.15, 0.2) is 18.6 Å². The molecule has 1 heterocycles. The first-order valence-corrected chi connectivity index (χ1v) is 5.70. The fourth-order valence-corrected chi connectivity index (χ4v) is 2.46. The maximum atomic E-state index is 6.22. The van der Waals surface area contributed by atoms with Crippen LogP contribution in [0.4, 0.5) is 0 Å². The van der Waals surface area contributed by atoms with Crippen molar-refractivity contribution in [2.45, 2.75) is 43.4 Å². The Labute approximate surface area is 89.7 Å². The largest absolute Gasteiger partial charge is 0.261 e. The van der Waals surface area contributed by atoms with Crippen molar-refractivity contribution in [1.29, 1.82) is 0 Å². The van der Waals surface area contributed by atoms with Gasteiger partial charge in [-0.15, -0.1) is 11.6 Å². The highest BCUT2D eigenvalue weighted by atomic mass is 35.5. The Morgan fingerprint density at radius 1 is 1.21 bits per heavy atom. The molecular formula is C11H15ClN2. The third-order valence-electron chi connectivity index (χ3n) is 2.86. The van der Waals surface area contributed by atoms with Gasteiger partial charge in [0.15, 0.2) is 0 Å². The van der Waals surface area contributed by atoms with Crippen LogP contribution in [0, 0.1) is 0 Å². The van der Waals surface area contributed by atoms with Crippen molar-refractivity contribution in [2.75, 3.05) is 0 Å². The molecule has 2 rings (SSSR count). The molecule has 0 N–H and O–H groups in total. The monoisotopic (exact) mass is 210 g/mol. The first kappa shape index (κ1) is 9.91. The molecular weight excluding hydrogens is 196 g/mol. The number of alkyl halides is 1. The fourth-order valence-electron chi connectivity index (χ4n) is 2.09. The minimum atomic E-state index is 0.324. The van der Waals surface area contributed by atoms with Crippen LogP contribution in [0.25, 0.3) is 0 Å². The maximum absolute atomic E-state index is 6.22. The normalized spacial score (nSPS) is 28.4. The number of halogens is 1. The lowest BCUT2D eigenvalue weighted by Gasteiger charge is -2.14. The van der Waals surface area contributed by atoms with E-state index in [2.05, 4.69) is 9.97 Å². The SMILES string of the molecule is ClC1CCCCC(c2cnccn2)C1. The molecule has 1 fully saturated rings. The lowest BCUT2D eigenvalue weighted by atomic mass is 9.97. The third-order valence-corrected chi connectivity index (χ3v) is 3.26. The summed E-state index contributed by atoms with van der Waals surface area (Å²) in [5.41, 5.74) is 1.11. The molecule has 0 bridgehead atoms. The molecule has 2 atom stereocenters. The number of aromatic nitrogens is 2. The second-order valence-electron chi connectivity index (χ2n) is 3.94. The van der Waals surface area contributed by atoms with Crippen LogP contribution in [0.5, 0.6) is 0 Å². The summed E-state index contributed by atoms with van der Waals surface area (Å²) in [7, 11) is 0. The number of hydrogen-bond acceptors (Lipinski definition) is 2. The molecule has 0 aromatic carbocycles. The van der Waals surface area contributed by atoms with Gasteiger partial charge in [0.25, 0.3) is 0 Å². The standard InChI is InChI=1S/C11H15ClN2/c12-10-4-2-1-3-9(7-10)11-8-13-5-6-14-11/h5-6,8-10H,1-4,7H2. The average molecular weight is 211 g/mol. The Morgan fingerprint density at radius 3 is 2.86 bits per heavy atom. The zero-order chi connectivity index (χ0) is 9.80. The van der Waals surface area contributed by atoms with Crippen molar-refractivity contribution in [3.63, 3.8) is 0 Å². The summed E-state index contributed by atoms with van der Waals surface area (Å²) in [5.74, 6) is 0.522. The first-order valence-electron chi connectivity index (χ1n) is 5.26. The molecule has 2 nitrogen and oxygen atoms in total. The van der Waals surface area contributed by atoms with E-state index in [0.717, 1.165) is 18.5 Å². The summed E-state index contributed by atoms with van der Waals surface area (Å²) in [4.78, 5) is 8.47. The molecule has 0 aliphatic heterocycles. The molecule has 14 heavy (non-hydrogen) atoms. The van der Waals surface area contributed by atoms with Crippen LogP contribution in [0.2, 0.25) is 0 Å². The van der Waals surface area contributed by atoms with Crippen LogP contribution in [0.3, 0.4) is 0 Å². The van der Waals surface area contributed by atoms with Gasteiger partial charge in [-0.3, -0.25) is 9.97 Å². The van der Waals surface area contributed by atoms with E-state index in [1.807, 2.05) is 6.20 Å². The summed E-state index contributed by atoms with van der Waals surface area (Å²) in [6.07, 6.45) is 11.3. The highest BCUT2D eigenvalue weighted by Crippen LogP contribution is 2.32. The van der Waals surface area contributed by atoms with Crippen LogP contribution >= 0.6 is 11.6 Å². The molecule has 1 aromatic rings. The van der Waals surface area contributed by atoms with Crippen LogP contribution in [0.1, 0.15) is 43.7 Å². The van der Waals surface area contributed by atoms with Crippen LogP contribution < -0.4 is 0 Å². The Hall–Kier alpha value is -0.630. The summed E-state index contributed by atoms with van der Waals surface area (Å²) < 4.78 is 0. The zero-order valence-electron chi connectivity index (χ0n) is 8.19. The minimum Gasteiger partial charge on any atom is -0.261 e. The molecule has 1 aliphatic carbocycles. The molecule has 0 amide bonds. The van der Waals surface area contributed by atoms with Gasteiger partial charge in [0.2, 0.25) is 0 Å². The highest BCUT2D eigenvalue weighted by molar-refractivity contribution is 6.20. The van der Waals surface area contributed by atoms with E-state index in [1.165, 1.54) is 19.3 Å². The van der Waals surface area contributed by atoms with Gasteiger partial charge in [0.05, 0.1) is 5.69 Å². The first-order chi connectivity index (χ1) is 6.86. The van der Waals surface area contributed by atoms with Crippen molar-refractivity contribution in [2.24, 2.45) is 0 Å². The Balaban J connectivity index is 2.09. The van der Waals surface area contributed by atoms with Crippen molar-refractivity contribution < 1.29 is 0 Å². The Kier molecular flexibility index (Phi) is 3.35. The van der Waals surface area contributed by atoms with Gasteiger partial charge in [0.1, 0.15) is 0 Å². The van der Waals surface area contributed by atoms with Crippen molar-refractivity contribution >= 4 is 11.6 Å². The second-order valence-corrected chi connectivity index (χ2v) is 4.56. The van der Waals surface area contributed by atoms with E-state index in [9.17, 15) is 0 Å². The fraction of sp³-hybridized carbons (Fsp3) is 0.636. The molecule has 1 saturated carbocycles. The van der Waals surface area contributed by atoms with Gasteiger partial charge in [-0.05, 0) is 19.3 Å². The minimum absolute atomic E-state index is 0.324.